The molecule has 1 aliphatic heterocycles. The number of aliphatic hydroxyl groups excluding tert-OH is 1. The number of methoxy groups -OCH3 is 1. The highest BCUT2D eigenvalue weighted by molar-refractivity contribution is 7.86. The maximum absolute atomic E-state index is 12.8. The van der Waals surface area contributed by atoms with Crippen LogP contribution in [0.25, 0.3) is 0 Å². The Balaban J connectivity index is 2.14. The number of benzene rings is 1. The van der Waals surface area contributed by atoms with E-state index >= 15 is 0 Å². The molecule has 1 fully saturated rings. The fraction of sp³-hybridized carbons (Fsp3) is 0.588. The van der Waals surface area contributed by atoms with Gasteiger partial charge in [-0.25, -0.2) is 0 Å². The Morgan fingerprint density at radius 2 is 2.04 bits per heavy atom. The summed E-state index contributed by atoms with van der Waals surface area (Å²) in [7, 11) is -0.515. The number of aliphatic hydroxyl groups is 1. The summed E-state index contributed by atoms with van der Waals surface area (Å²) in [6.45, 7) is 5.79. The van der Waals surface area contributed by atoms with Gasteiger partial charge in [0.2, 0.25) is 0 Å². The molecule has 0 aliphatic carbocycles. The van der Waals surface area contributed by atoms with E-state index in [0.29, 0.717) is 11.5 Å². The highest BCUT2D eigenvalue weighted by atomic mass is 32.2. The molecule has 6 nitrogen and oxygen atoms in total. The Morgan fingerprint density at radius 1 is 1.42 bits per heavy atom. The molecule has 1 heterocycles. The Hall–Kier alpha value is -1.28. The van der Waals surface area contributed by atoms with Crippen molar-refractivity contribution < 1.29 is 28.3 Å². The summed E-state index contributed by atoms with van der Waals surface area (Å²) in [5, 5.41) is 9.32. The van der Waals surface area contributed by atoms with Gasteiger partial charge in [0.05, 0.1) is 36.7 Å². The van der Waals surface area contributed by atoms with Crippen LogP contribution in [0, 0.1) is 6.92 Å². The van der Waals surface area contributed by atoms with Crippen LogP contribution in [-0.2, 0) is 29.8 Å². The number of hydrogen-bond donors (Lipinski definition) is 1. The number of ether oxygens (including phenoxy) is 3. The van der Waals surface area contributed by atoms with Gasteiger partial charge in [-0.1, -0.05) is 17.7 Å². The van der Waals surface area contributed by atoms with Crippen LogP contribution in [0.4, 0.5) is 0 Å². The van der Waals surface area contributed by atoms with Gasteiger partial charge in [0, 0.05) is 11.3 Å². The summed E-state index contributed by atoms with van der Waals surface area (Å²) in [6.07, 6.45) is -1.39. The van der Waals surface area contributed by atoms with Crippen molar-refractivity contribution in [1.82, 2.24) is 0 Å². The predicted octanol–water partition coefficient (Wildman–Crippen LogP) is 1.55. The van der Waals surface area contributed by atoms with Crippen LogP contribution in [0.15, 0.2) is 29.2 Å². The molecular weight excluding hydrogens is 332 g/mol. The number of carbonyl (C=O) groups is 1. The zero-order valence-electron chi connectivity index (χ0n) is 14.4. The van der Waals surface area contributed by atoms with E-state index in [2.05, 4.69) is 0 Å². The summed E-state index contributed by atoms with van der Waals surface area (Å²) in [6, 6.07) is 6.99. The monoisotopic (exact) mass is 356 g/mol. The van der Waals surface area contributed by atoms with Crippen LogP contribution < -0.4 is 0 Å². The number of esters is 1. The summed E-state index contributed by atoms with van der Waals surface area (Å²) in [5.74, 6) is -1.43. The molecule has 2 rings (SSSR count). The summed E-state index contributed by atoms with van der Waals surface area (Å²) in [5.41, 5.74) is 1.02. The Morgan fingerprint density at radius 3 is 2.54 bits per heavy atom. The smallest absolute Gasteiger partial charge is 0.324 e. The van der Waals surface area contributed by atoms with Crippen molar-refractivity contribution in [1.29, 1.82) is 0 Å². The van der Waals surface area contributed by atoms with Crippen LogP contribution in [0.1, 0.15) is 25.8 Å². The minimum Gasteiger partial charge on any atom is -0.468 e. The van der Waals surface area contributed by atoms with E-state index in [4.69, 9.17) is 14.2 Å². The van der Waals surface area contributed by atoms with Gasteiger partial charge in [-0.05, 0) is 32.9 Å². The summed E-state index contributed by atoms with van der Waals surface area (Å²) in [4.78, 5) is 12.6. The van der Waals surface area contributed by atoms with Crippen molar-refractivity contribution >= 4 is 16.8 Å². The third kappa shape index (κ3) is 4.63. The second kappa shape index (κ2) is 7.74. The van der Waals surface area contributed by atoms with E-state index in [1.54, 1.807) is 26.0 Å². The van der Waals surface area contributed by atoms with E-state index in [-0.39, 0.29) is 12.5 Å². The van der Waals surface area contributed by atoms with Gasteiger partial charge in [-0.2, -0.15) is 0 Å². The Labute approximate surface area is 144 Å². The van der Waals surface area contributed by atoms with Crippen LogP contribution in [-0.4, -0.2) is 52.2 Å². The van der Waals surface area contributed by atoms with E-state index in [1.165, 1.54) is 7.11 Å². The van der Waals surface area contributed by atoms with E-state index < -0.39 is 33.9 Å². The molecule has 0 spiro atoms. The average molecular weight is 356 g/mol. The fourth-order valence-corrected chi connectivity index (χ4v) is 3.96. The van der Waals surface area contributed by atoms with Gasteiger partial charge >= 0.3 is 5.97 Å². The fourth-order valence-electron chi connectivity index (χ4n) is 2.59. The molecule has 24 heavy (non-hydrogen) atoms. The molecule has 0 amide bonds. The molecule has 0 aromatic heterocycles. The van der Waals surface area contributed by atoms with Crippen LogP contribution in [0.5, 0.6) is 0 Å². The quantitative estimate of drug-likeness (QED) is 0.779. The molecule has 134 valence electrons. The summed E-state index contributed by atoms with van der Waals surface area (Å²) < 4.78 is 28.6. The van der Waals surface area contributed by atoms with Crippen molar-refractivity contribution in [2.24, 2.45) is 0 Å². The lowest BCUT2D eigenvalue weighted by Gasteiger charge is -2.23. The van der Waals surface area contributed by atoms with E-state index in [0.717, 1.165) is 5.56 Å². The van der Waals surface area contributed by atoms with Crippen molar-refractivity contribution in [3.05, 3.63) is 29.8 Å². The highest BCUT2D eigenvalue weighted by Gasteiger charge is 2.40. The van der Waals surface area contributed by atoms with Gasteiger partial charge < -0.3 is 19.3 Å². The molecule has 7 heteroatoms. The first-order chi connectivity index (χ1) is 11.2. The second-order valence-electron chi connectivity index (χ2n) is 6.31. The average Bonchev–Trinajstić information content (AvgIpc) is 2.86. The number of rotatable bonds is 6. The summed E-state index contributed by atoms with van der Waals surface area (Å²) >= 11 is 0. The van der Waals surface area contributed by atoms with Gasteiger partial charge in [0.1, 0.15) is 0 Å². The van der Waals surface area contributed by atoms with Crippen molar-refractivity contribution in [2.75, 3.05) is 13.7 Å². The highest BCUT2D eigenvalue weighted by Crippen LogP contribution is 2.27. The molecule has 0 bridgehead atoms. The molecule has 1 aromatic rings. The van der Waals surface area contributed by atoms with E-state index in [1.807, 2.05) is 19.1 Å². The van der Waals surface area contributed by atoms with Crippen LogP contribution in [0.2, 0.25) is 0 Å². The molecule has 4 atom stereocenters. The molecule has 1 aliphatic rings. The van der Waals surface area contributed by atoms with Gasteiger partial charge in [0.15, 0.2) is 11.0 Å². The maximum Gasteiger partial charge on any atom is 0.324 e. The lowest BCUT2D eigenvalue weighted by molar-refractivity contribution is -0.145. The second-order valence-corrected chi connectivity index (χ2v) is 7.88. The molecule has 1 aromatic carbocycles. The minimum absolute atomic E-state index is 0.140. The van der Waals surface area contributed by atoms with E-state index in [9.17, 15) is 14.1 Å². The van der Waals surface area contributed by atoms with Crippen molar-refractivity contribution in [3.63, 3.8) is 0 Å². The van der Waals surface area contributed by atoms with Gasteiger partial charge in [-0.3, -0.25) is 9.00 Å². The molecule has 1 unspecified atom stereocenters. The van der Waals surface area contributed by atoms with Crippen LogP contribution in [0.3, 0.4) is 0 Å². The maximum atomic E-state index is 12.8. The van der Waals surface area contributed by atoms with Gasteiger partial charge in [0.25, 0.3) is 0 Å². The first kappa shape index (κ1) is 19.1. The van der Waals surface area contributed by atoms with Gasteiger partial charge in [-0.15, -0.1) is 0 Å². The number of hydrogen-bond acceptors (Lipinski definition) is 6. The SMILES string of the molecule is COC(=O)C([C@H](O)C[C@H]1COC(C)(C)O1)[S@@](=O)c1ccc(C)cc1. The first-order valence-electron chi connectivity index (χ1n) is 7.78. The van der Waals surface area contributed by atoms with Crippen molar-refractivity contribution in [2.45, 2.75) is 55.3 Å². The van der Waals surface area contributed by atoms with Crippen molar-refractivity contribution in [3.8, 4) is 0 Å². The molecule has 1 N–H and O–H groups in total. The Bertz CT molecular complexity index is 598. The molecular formula is C17H24O6S. The molecule has 1 saturated heterocycles. The molecule has 0 radical (unpaired) electrons. The third-order valence-electron chi connectivity index (χ3n) is 3.84. The zero-order valence-corrected chi connectivity index (χ0v) is 15.2. The Kier molecular flexibility index (Phi) is 6.14. The number of carbonyl (C=O) groups excluding carboxylic acids is 1. The normalized spacial score (nSPS) is 23.5. The lowest BCUT2D eigenvalue weighted by Crippen LogP contribution is -2.41. The first-order valence-corrected chi connectivity index (χ1v) is 8.99. The predicted molar refractivity (Wildman–Crippen MR) is 88.9 cm³/mol. The zero-order chi connectivity index (χ0) is 17.9. The third-order valence-corrected chi connectivity index (χ3v) is 5.54. The largest absolute Gasteiger partial charge is 0.468 e. The lowest BCUT2D eigenvalue weighted by atomic mass is 10.1. The van der Waals surface area contributed by atoms with Crippen LogP contribution >= 0.6 is 0 Å². The minimum atomic E-state index is -1.73. The number of aryl methyl sites for hydroxylation is 1. The topological polar surface area (TPSA) is 82.1 Å². The molecule has 0 saturated carbocycles. The standard InChI is InChI=1S/C17H24O6S/c1-11-5-7-13(8-6-11)24(20)15(16(19)21-4)14(18)9-12-10-22-17(2,3)23-12/h5-8,12,14-15,18H,9-10H2,1-4H3/t12-,14+,15?,24-/m0/s1.